The highest BCUT2D eigenvalue weighted by atomic mass is 35.5. The van der Waals surface area contributed by atoms with E-state index in [4.69, 9.17) is 11.6 Å². The van der Waals surface area contributed by atoms with Gasteiger partial charge in [0.1, 0.15) is 10.8 Å². The number of aryl methyl sites for hydroxylation is 2. The Labute approximate surface area is 139 Å². The summed E-state index contributed by atoms with van der Waals surface area (Å²) < 4.78 is 0. The highest BCUT2D eigenvalue weighted by Gasteiger charge is 2.30. The van der Waals surface area contributed by atoms with Crippen LogP contribution in [-0.2, 0) is 5.54 Å². The number of phenols is 1. The normalized spacial score (nSPS) is 13.7. The zero-order valence-corrected chi connectivity index (χ0v) is 14.6. The van der Waals surface area contributed by atoms with Crippen LogP contribution in [0.4, 0.5) is 0 Å². The summed E-state index contributed by atoms with van der Waals surface area (Å²) in [6, 6.07) is 2.98. The van der Waals surface area contributed by atoms with E-state index in [1.807, 2.05) is 26.2 Å². The summed E-state index contributed by atoms with van der Waals surface area (Å²) in [7, 11) is 0. The third-order valence-corrected chi connectivity index (χ3v) is 5.25. The number of carbonyl (C=O) groups excluding carboxylic acids is 1. The predicted octanol–water partition coefficient (Wildman–Crippen LogP) is 4.17. The molecule has 4 nitrogen and oxygen atoms in total. The van der Waals surface area contributed by atoms with Crippen molar-refractivity contribution in [2.75, 3.05) is 0 Å². The van der Waals surface area contributed by atoms with Gasteiger partial charge in [0.05, 0.1) is 10.6 Å². The van der Waals surface area contributed by atoms with Crippen molar-refractivity contribution in [1.29, 1.82) is 0 Å². The van der Waals surface area contributed by atoms with Crippen LogP contribution >= 0.6 is 22.9 Å². The highest BCUT2D eigenvalue weighted by Crippen LogP contribution is 2.30. The molecule has 0 aliphatic rings. The third kappa shape index (κ3) is 3.25. The predicted molar refractivity (Wildman–Crippen MR) is 89.8 cm³/mol. The van der Waals surface area contributed by atoms with Crippen LogP contribution in [0.15, 0.2) is 17.5 Å². The van der Waals surface area contributed by atoms with Crippen molar-refractivity contribution >= 4 is 28.8 Å². The Hall–Kier alpha value is -1.59. The minimum absolute atomic E-state index is 0.0236. The molecular weight excluding hydrogens is 320 g/mol. The van der Waals surface area contributed by atoms with Gasteiger partial charge in [-0.3, -0.25) is 4.79 Å². The van der Waals surface area contributed by atoms with E-state index in [1.54, 1.807) is 6.92 Å². The molecule has 2 rings (SSSR count). The van der Waals surface area contributed by atoms with Crippen molar-refractivity contribution in [3.63, 3.8) is 0 Å². The van der Waals surface area contributed by atoms with E-state index in [1.165, 1.54) is 23.5 Å². The Bertz CT molecular complexity index is 714. The fourth-order valence-corrected chi connectivity index (χ4v) is 3.28. The Kier molecular flexibility index (Phi) is 4.78. The first-order valence-electron chi connectivity index (χ1n) is 7.01. The second kappa shape index (κ2) is 6.26. The van der Waals surface area contributed by atoms with Crippen molar-refractivity contribution in [2.45, 2.75) is 39.7 Å². The molecule has 118 valence electrons. The van der Waals surface area contributed by atoms with Crippen molar-refractivity contribution in [3.05, 3.63) is 44.4 Å². The SMILES string of the molecule is CCC(C)(NC(=O)c1cc(Cl)c(O)cc1C)c1nc(C)cs1. The average molecular weight is 339 g/mol. The molecule has 0 spiro atoms. The maximum atomic E-state index is 12.6. The van der Waals surface area contributed by atoms with E-state index in [0.717, 1.165) is 17.1 Å². The van der Waals surface area contributed by atoms with Crippen molar-refractivity contribution < 1.29 is 9.90 Å². The molecule has 1 atom stereocenters. The zero-order chi connectivity index (χ0) is 16.5. The van der Waals surface area contributed by atoms with Gasteiger partial charge in [-0.2, -0.15) is 0 Å². The molecule has 0 aliphatic heterocycles. The van der Waals surface area contributed by atoms with Crippen LogP contribution < -0.4 is 5.32 Å². The number of carbonyl (C=O) groups is 1. The van der Waals surface area contributed by atoms with Gasteiger partial charge in [-0.15, -0.1) is 11.3 Å². The molecule has 1 heterocycles. The van der Waals surface area contributed by atoms with Crippen LogP contribution in [0.2, 0.25) is 5.02 Å². The molecule has 2 N–H and O–H groups in total. The first kappa shape index (κ1) is 16.8. The molecule has 0 radical (unpaired) electrons. The number of halogens is 1. The van der Waals surface area contributed by atoms with Crippen LogP contribution in [0.3, 0.4) is 0 Å². The second-order valence-electron chi connectivity index (χ2n) is 5.55. The molecule has 1 amide bonds. The van der Waals surface area contributed by atoms with Gasteiger partial charge < -0.3 is 10.4 Å². The minimum Gasteiger partial charge on any atom is -0.506 e. The van der Waals surface area contributed by atoms with Gasteiger partial charge in [-0.1, -0.05) is 18.5 Å². The lowest BCUT2D eigenvalue weighted by Crippen LogP contribution is -2.43. The molecule has 0 fully saturated rings. The maximum Gasteiger partial charge on any atom is 0.252 e. The molecule has 0 saturated carbocycles. The quantitative estimate of drug-likeness (QED) is 0.879. The number of aromatic hydroxyl groups is 1. The first-order chi connectivity index (χ1) is 10.3. The molecule has 1 aromatic heterocycles. The lowest BCUT2D eigenvalue weighted by Gasteiger charge is -2.28. The van der Waals surface area contributed by atoms with Gasteiger partial charge in [-0.25, -0.2) is 4.98 Å². The van der Waals surface area contributed by atoms with E-state index in [9.17, 15) is 9.90 Å². The van der Waals surface area contributed by atoms with Crippen molar-refractivity contribution in [2.24, 2.45) is 0 Å². The first-order valence-corrected chi connectivity index (χ1v) is 8.27. The Morgan fingerprint density at radius 3 is 2.68 bits per heavy atom. The minimum atomic E-state index is -0.535. The van der Waals surface area contributed by atoms with Crippen molar-refractivity contribution in [1.82, 2.24) is 10.3 Å². The van der Waals surface area contributed by atoms with Crippen LogP contribution in [0.1, 0.15) is 46.9 Å². The Balaban J connectivity index is 2.32. The van der Waals surface area contributed by atoms with Gasteiger partial charge in [0.15, 0.2) is 0 Å². The molecule has 6 heteroatoms. The number of benzene rings is 1. The molecule has 1 unspecified atom stereocenters. The largest absolute Gasteiger partial charge is 0.506 e. The average Bonchev–Trinajstić information content (AvgIpc) is 2.89. The Morgan fingerprint density at radius 2 is 2.14 bits per heavy atom. The van der Waals surface area contributed by atoms with Gasteiger partial charge in [0, 0.05) is 16.6 Å². The van der Waals surface area contributed by atoms with Crippen LogP contribution in [-0.4, -0.2) is 16.0 Å². The number of phenolic OH excluding ortho intramolecular Hbond substituents is 1. The summed E-state index contributed by atoms with van der Waals surface area (Å²) >= 11 is 7.45. The van der Waals surface area contributed by atoms with Crippen molar-refractivity contribution in [3.8, 4) is 5.75 Å². The van der Waals surface area contributed by atoms with E-state index in [2.05, 4.69) is 10.3 Å². The van der Waals surface area contributed by atoms with E-state index >= 15 is 0 Å². The molecule has 0 saturated heterocycles. The second-order valence-corrected chi connectivity index (χ2v) is 6.82. The number of nitrogens with one attached hydrogen (secondary N) is 1. The topological polar surface area (TPSA) is 62.2 Å². The van der Waals surface area contributed by atoms with Crippen LogP contribution in [0.25, 0.3) is 0 Å². The van der Waals surface area contributed by atoms with Gasteiger partial charge in [0.2, 0.25) is 0 Å². The molecule has 22 heavy (non-hydrogen) atoms. The van der Waals surface area contributed by atoms with E-state index < -0.39 is 5.54 Å². The molecule has 0 aliphatic carbocycles. The number of aromatic nitrogens is 1. The number of amides is 1. The number of nitrogens with zero attached hydrogens (tertiary/aromatic N) is 1. The molecular formula is C16H19ClN2O2S. The monoisotopic (exact) mass is 338 g/mol. The summed E-state index contributed by atoms with van der Waals surface area (Å²) in [6.07, 6.45) is 0.719. The summed E-state index contributed by atoms with van der Waals surface area (Å²) in [6.45, 7) is 7.66. The summed E-state index contributed by atoms with van der Waals surface area (Å²) in [5, 5.41) is 15.7. The zero-order valence-electron chi connectivity index (χ0n) is 13.0. The van der Waals surface area contributed by atoms with Crippen LogP contribution in [0.5, 0.6) is 5.75 Å². The lowest BCUT2D eigenvalue weighted by molar-refractivity contribution is 0.0901. The lowest BCUT2D eigenvalue weighted by atomic mass is 9.98. The van der Waals surface area contributed by atoms with Gasteiger partial charge in [-0.05, 0) is 44.9 Å². The molecule has 2 aromatic rings. The Morgan fingerprint density at radius 1 is 1.45 bits per heavy atom. The molecule has 0 bridgehead atoms. The maximum absolute atomic E-state index is 12.6. The number of rotatable bonds is 4. The number of thiazole rings is 1. The fraction of sp³-hybridized carbons (Fsp3) is 0.375. The standard InChI is InChI=1S/C16H19ClN2O2S/c1-5-16(4,15-18-10(3)8-22-15)19-14(21)11-7-12(17)13(20)6-9(11)2/h6-8,20H,5H2,1-4H3,(H,19,21). The number of hydrogen-bond donors (Lipinski definition) is 2. The van der Waals surface area contributed by atoms with Gasteiger partial charge >= 0.3 is 0 Å². The van der Waals surface area contributed by atoms with E-state index in [-0.39, 0.29) is 16.7 Å². The summed E-state index contributed by atoms with van der Waals surface area (Å²) in [5.74, 6) is -0.249. The summed E-state index contributed by atoms with van der Waals surface area (Å²) in [4.78, 5) is 17.1. The van der Waals surface area contributed by atoms with E-state index in [0.29, 0.717) is 11.1 Å². The fourth-order valence-electron chi connectivity index (χ4n) is 2.13. The molecule has 1 aromatic carbocycles. The summed E-state index contributed by atoms with van der Waals surface area (Å²) in [5.41, 5.74) is 1.54. The number of hydrogen-bond acceptors (Lipinski definition) is 4. The highest BCUT2D eigenvalue weighted by molar-refractivity contribution is 7.09. The third-order valence-electron chi connectivity index (χ3n) is 3.73. The van der Waals surface area contributed by atoms with Crippen LogP contribution in [0, 0.1) is 13.8 Å². The van der Waals surface area contributed by atoms with Gasteiger partial charge in [0.25, 0.3) is 5.91 Å². The smallest absolute Gasteiger partial charge is 0.252 e.